The number of rotatable bonds is 2. The number of carbonyl (C=O) groups excluding carboxylic acids is 1. The van der Waals surface area contributed by atoms with Crippen molar-refractivity contribution in [2.45, 2.75) is 13.8 Å². The monoisotopic (exact) mass is 211 g/mol. The Balaban J connectivity index is 2.52. The molecule has 0 fully saturated rings. The van der Waals surface area contributed by atoms with Gasteiger partial charge in [-0.2, -0.15) is 0 Å². The third-order valence-electron chi connectivity index (χ3n) is 2.57. The lowest BCUT2D eigenvalue weighted by molar-refractivity contribution is 0.112. The van der Waals surface area contributed by atoms with Crippen LogP contribution in [0.2, 0.25) is 0 Å². The van der Waals surface area contributed by atoms with E-state index >= 15 is 0 Å². The average Bonchev–Trinajstić information content (AvgIpc) is 2.28. The Hall–Kier alpha value is -1.96. The second-order valence-electron chi connectivity index (χ2n) is 3.94. The maximum absolute atomic E-state index is 10.6. The molecule has 1 aromatic heterocycles. The molecule has 0 aliphatic carbocycles. The average molecular weight is 211 g/mol. The van der Waals surface area contributed by atoms with Gasteiger partial charge in [-0.25, -0.2) is 0 Å². The third-order valence-corrected chi connectivity index (χ3v) is 2.57. The van der Waals surface area contributed by atoms with Gasteiger partial charge in [0.2, 0.25) is 0 Å². The molecule has 0 radical (unpaired) electrons. The van der Waals surface area contributed by atoms with Gasteiger partial charge in [-0.3, -0.25) is 9.78 Å². The maximum atomic E-state index is 10.6. The van der Waals surface area contributed by atoms with Crippen molar-refractivity contribution in [1.82, 2.24) is 4.98 Å². The lowest BCUT2D eigenvalue weighted by atomic mass is 9.99. The Labute approximate surface area is 95.0 Å². The molecule has 2 aromatic rings. The fraction of sp³-hybridized carbons (Fsp3) is 0.143. The standard InChI is InChI=1S/C14H13NO/c1-10-5-13(8-15-7-10)14-4-3-12(9-16)6-11(14)2/h3-9H,1-2H3. The van der Waals surface area contributed by atoms with Crippen molar-refractivity contribution in [2.24, 2.45) is 0 Å². The Bertz CT molecular complexity index is 532. The van der Waals surface area contributed by atoms with Crippen molar-refractivity contribution in [3.63, 3.8) is 0 Å². The van der Waals surface area contributed by atoms with Gasteiger partial charge in [0.05, 0.1) is 0 Å². The van der Waals surface area contributed by atoms with Crippen molar-refractivity contribution < 1.29 is 4.79 Å². The minimum Gasteiger partial charge on any atom is -0.298 e. The molecule has 0 aliphatic heterocycles. The number of hydrogen-bond acceptors (Lipinski definition) is 2. The van der Waals surface area contributed by atoms with Crippen LogP contribution in [0.4, 0.5) is 0 Å². The highest BCUT2D eigenvalue weighted by Gasteiger charge is 2.03. The first kappa shape index (κ1) is 10.6. The lowest BCUT2D eigenvalue weighted by Crippen LogP contribution is -1.88. The van der Waals surface area contributed by atoms with Crippen LogP contribution in [0.5, 0.6) is 0 Å². The van der Waals surface area contributed by atoms with E-state index in [1.165, 1.54) is 0 Å². The molecule has 2 nitrogen and oxygen atoms in total. The van der Waals surface area contributed by atoms with Crippen LogP contribution in [0.1, 0.15) is 21.5 Å². The van der Waals surface area contributed by atoms with E-state index in [1.807, 2.05) is 44.4 Å². The molecule has 16 heavy (non-hydrogen) atoms. The molecule has 1 aromatic carbocycles. The first-order chi connectivity index (χ1) is 7.70. The van der Waals surface area contributed by atoms with Gasteiger partial charge in [0.15, 0.2) is 0 Å². The smallest absolute Gasteiger partial charge is 0.150 e. The van der Waals surface area contributed by atoms with Crippen LogP contribution in [-0.2, 0) is 0 Å². The first-order valence-corrected chi connectivity index (χ1v) is 5.18. The highest BCUT2D eigenvalue weighted by atomic mass is 16.1. The van der Waals surface area contributed by atoms with Crippen LogP contribution in [-0.4, -0.2) is 11.3 Å². The number of benzene rings is 1. The number of carbonyl (C=O) groups is 1. The summed E-state index contributed by atoms with van der Waals surface area (Å²) in [4.78, 5) is 14.8. The summed E-state index contributed by atoms with van der Waals surface area (Å²) in [7, 11) is 0. The number of pyridine rings is 1. The van der Waals surface area contributed by atoms with E-state index in [1.54, 1.807) is 0 Å². The molecule has 0 atom stereocenters. The van der Waals surface area contributed by atoms with E-state index in [0.717, 1.165) is 28.5 Å². The predicted octanol–water partition coefficient (Wildman–Crippen LogP) is 3.18. The predicted molar refractivity (Wildman–Crippen MR) is 64.5 cm³/mol. The van der Waals surface area contributed by atoms with Crippen LogP contribution in [0, 0.1) is 13.8 Å². The Morgan fingerprint density at radius 2 is 1.94 bits per heavy atom. The van der Waals surface area contributed by atoms with Crippen molar-refractivity contribution in [3.8, 4) is 11.1 Å². The van der Waals surface area contributed by atoms with Gasteiger partial charge >= 0.3 is 0 Å². The van der Waals surface area contributed by atoms with Gasteiger partial charge in [0.1, 0.15) is 6.29 Å². The quantitative estimate of drug-likeness (QED) is 0.714. The third kappa shape index (κ3) is 2.01. The van der Waals surface area contributed by atoms with E-state index in [-0.39, 0.29) is 0 Å². The Morgan fingerprint density at radius 3 is 2.56 bits per heavy atom. The largest absolute Gasteiger partial charge is 0.298 e. The summed E-state index contributed by atoms with van der Waals surface area (Å²) in [6.45, 7) is 4.02. The SMILES string of the molecule is Cc1cncc(-c2ccc(C=O)cc2C)c1. The summed E-state index contributed by atoms with van der Waals surface area (Å²) < 4.78 is 0. The minimum absolute atomic E-state index is 0.710. The first-order valence-electron chi connectivity index (χ1n) is 5.18. The molecule has 0 amide bonds. The number of hydrogen-bond donors (Lipinski definition) is 0. The molecule has 0 unspecified atom stereocenters. The summed E-state index contributed by atoms with van der Waals surface area (Å²) in [5, 5.41) is 0. The van der Waals surface area contributed by atoms with Gasteiger partial charge in [0.25, 0.3) is 0 Å². The van der Waals surface area contributed by atoms with Crippen molar-refractivity contribution in [2.75, 3.05) is 0 Å². The van der Waals surface area contributed by atoms with E-state index < -0.39 is 0 Å². The number of nitrogens with zero attached hydrogens (tertiary/aromatic N) is 1. The molecular formula is C14H13NO. The van der Waals surface area contributed by atoms with Gasteiger partial charge in [0, 0.05) is 23.5 Å². The van der Waals surface area contributed by atoms with Crippen LogP contribution in [0.25, 0.3) is 11.1 Å². The Morgan fingerprint density at radius 1 is 1.12 bits per heavy atom. The van der Waals surface area contributed by atoms with Crippen molar-refractivity contribution >= 4 is 6.29 Å². The zero-order chi connectivity index (χ0) is 11.5. The molecule has 80 valence electrons. The minimum atomic E-state index is 0.710. The van der Waals surface area contributed by atoms with Crippen LogP contribution in [0.3, 0.4) is 0 Å². The summed E-state index contributed by atoms with van der Waals surface area (Å²) in [6.07, 6.45) is 4.54. The zero-order valence-electron chi connectivity index (χ0n) is 9.40. The maximum Gasteiger partial charge on any atom is 0.150 e. The van der Waals surface area contributed by atoms with Crippen LogP contribution >= 0.6 is 0 Å². The molecule has 0 saturated heterocycles. The van der Waals surface area contributed by atoms with E-state index in [9.17, 15) is 4.79 Å². The molecule has 0 aliphatic rings. The second kappa shape index (κ2) is 4.27. The molecule has 0 bridgehead atoms. The van der Waals surface area contributed by atoms with Gasteiger partial charge in [-0.05, 0) is 42.7 Å². The fourth-order valence-electron chi connectivity index (χ4n) is 1.79. The van der Waals surface area contributed by atoms with Crippen molar-refractivity contribution in [3.05, 3.63) is 53.3 Å². The Kier molecular flexibility index (Phi) is 2.82. The number of aromatic nitrogens is 1. The van der Waals surface area contributed by atoms with E-state index in [4.69, 9.17) is 0 Å². The second-order valence-corrected chi connectivity index (χ2v) is 3.94. The van der Waals surface area contributed by atoms with E-state index in [0.29, 0.717) is 5.56 Å². The lowest BCUT2D eigenvalue weighted by Gasteiger charge is -2.06. The summed E-state index contributed by atoms with van der Waals surface area (Å²) in [6, 6.07) is 7.79. The van der Waals surface area contributed by atoms with Gasteiger partial charge < -0.3 is 0 Å². The highest BCUT2D eigenvalue weighted by Crippen LogP contribution is 2.23. The molecule has 0 N–H and O–H groups in total. The summed E-state index contributed by atoms with van der Waals surface area (Å²) in [5.41, 5.74) is 5.16. The zero-order valence-corrected chi connectivity index (χ0v) is 9.40. The molecular weight excluding hydrogens is 198 g/mol. The van der Waals surface area contributed by atoms with Gasteiger partial charge in [-0.1, -0.05) is 12.1 Å². The van der Waals surface area contributed by atoms with Crippen LogP contribution < -0.4 is 0 Å². The van der Waals surface area contributed by atoms with Gasteiger partial charge in [-0.15, -0.1) is 0 Å². The molecule has 0 spiro atoms. The van der Waals surface area contributed by atoms with Crippen molar-refractivity contribution in [1.29, 1.82) is 0 Å². The fourth-order valence-corrected chi connectivity index (χ4v) is 1.79. The highest BCUT2D eigenvalue weighted by molar-refractivity contribution is 5.78. The normalized spacial score (nSPS) is 10.1. The molecule has 2 rings (SSSR count). The topological polar surface area (TPSA) is 30.0 Å². The number of aryl methyl sites for hydroxylation is 2. The van der Waals surface area contributed by atoms with Crippen LogP contribution in [0.15, 0.2) is 36.7 Å². The van der Waals surface area contributed by atoms with E-state index in [2.05, 4.69) is 11.1 Å². The molecule has 1 heterocycles. The molecule has 0 saturated carbocycles. The number of aldehydes is 1. The molecule has 2 heteroatoms. The summed E-state index contributed by atoms with van der Waals surface area (Å²) >= 11 is 0. The summed E-state index contributed by atoms with van der Waals surface area (Å²) in [5.74, 6) is 0.